The van der Waals surface area contributed by atoms with E-state index in [4.69, 9.17) is 15.2 Å². The third-order valence-corrected chi connectivity index (χ3v) is 5.24. The molecule has 0 saturated carbocycles. The Morgan fingerprint density at radius 2 is 1.97 bits per heavy atom. The number of carbonyl (C=O) groups excluding carboxylic acids is 1. The number of hydrogen-bond donors (Lipinski definition) is 3. The molecular weight excluding hydrogens is 420 g/mol. The summed E-state index contributed by atoms with van der Waals surface area (Å²) in [6.45, 7) is 2.30. The number of anilines is 1. The molecule has 1 unspecified atom stereocenters. The molecule has 3 aromatic rings. The van der Waals surface area contributed by atoms with Gasteiger partial charge in [-0.25, -0.2) is 9.48 Å². The summed E-state index contributed by atoms with van der Waals surface area (Å²) in [4.78, 5) is 12.3. The number of aromatic nitrogens is 2. The molecule has 3 rings (SSSR count). The molecule has 2 aromatic carbocycles. The molecule has 33 heavy (non-hydrogen) atoms. The van der Waals surface area contributed by atoms with Gasteiger partial charge in [-0.05, 0) is 44.0 Å². The Hall–Kier alpha value is -4.19. The highest BCUT2D eigenvalue weighted by molar-refractivity contribution is 5.74. The first-order chi connectivity index (χ1) is 16.0. The first-order valence-electron chi connectivity index (χ1n) is 10.6. The third kappa shape index (κ3) is 5.54. The van der Waals surface area contributed by atoms with Crippen LogP contribution in [0, 0.1) is 11.3 Å². The number of nitrogens with two attached hydrogens (primary N) is 1. The van der Waals surface area contributed by atoms with E-state index in [1.807, 2.05) is 49.4 Å². The second-order valence-corrected chi connectivity index (χ2v) is 7.40. The molecule has 1 heterocycles. The van der Waals surface area contributed by atoms with E-state index in [2.05, 4.69) is 21.8 Å². The van der Waals surface area contributed by atoms with Gasteiger partial charge in [0, 0.05) is 18.2 Å². The molecule has 0 radical (unpaired) electrons. The highest BCUT2D eigenvalue weighted by Gasteiger charge is 2.17. The van der Waals surface area contributed by atoms with Crippen LogP contribution in [0.2, 0.25) is 0 Å². The number of benzene rings is 2. The van der Waals surface area contributed by atoms with E-state index < -0.39 is 0 Å². The lowest BCUT2D eigenvalue weighted by Gasteiger charge is -2.18. The molecule has 172 valence electrons. The Labute approximate surface area is 193 Å². The molecule has 0 bridgehead atoms. The van der Waals surface area contributed by atoms with Gasteiger partial charge in [0.25, 0.3) is 0 Å². The van der Waals surface area contributed by atoms with Gasteiger partial charge < -0.3 is 25.8 Å². The van der Waals surface area contributed by atoms with Gasteiger partial charge in [-0.3, -0.25) is 0 Å². The van der Waals surface area contributed by atoms with Gasteiger partial charge in [0.15, 0.2) is 0 Å². The highest BCUT2D eigenvalue weighted by atomic mass is 16.5. The maximum Gasteiger partial charge on any atom is 0.315 e. The SMILES string of the molecule is COc1ccc(C(C)NC(=O)NCCCc2nn(-c3ccccc3)c(N)c2C#N)c(OC)c1. The number of methoxy groups -OCH3 is 2. The summed E-state index contributed by atoms with van der Waals surface area (Å²) >= 11 is 0. The first kappa shape index (κ1) is 23.5. The van der Waals surface area contributed by atoms with Crippen molar-refractivity contribution < 1.29 is 14.3 Å². The Balaban J connectivity index is 1.54. The van der Waals surface area contributed by atoms with Gasteiger partial charge in [0.2, 0.25) is 0 Å². The van der Waals surface area contributed by atoms with E-state index in [9.17, 15) is 10.1 Å². The van der Waals surface area contributed by atoms with Crippen LogP contribution in [0.25, 0.3) is 5.69 Å². The fraction of sp³-hybridized carbons (Fsp3) is 0.292. The van der Waals surface area contributed by atoms with Crippen LogP contribution < -0.4 is 25.8 Å². The van der Waals surface area contributed by atoms with E-state index in [0.717, 1.165) is 11.3 Å². The fourth-order valence-electron chi connectivity index (χ4n) is 3.50. The Bertz CT molecular complexity index is 1140. The predicted octanol–water partition coefficient (Wildman–Crippen LogP) is 3.34. The number of urea groups is 1. The van der Waals surface area contributed by atoms with E-state index >= 15 is 0 Å². The van der Waals surface area contributed by atoms with E-state index in [-0.39, 0.29) is 12.1 Å². The van der Waals surface area contributed by atoms with Gasteiger partial charge in [0.1, 0.15) is 28.9 Å². The number of hydrogen-bond acceptors (Lipinski definition) is 6. The van der Waals surface area contributed by atoms with Crippen LogP contribution in [-0.2, 0) is 6.42 Å². The zero-order chi connectivity index (χ0) is 23.8. The van der Waals surface area contributed by atoms with E-state index in [1.165, 1.54) is 0 Å². The zero-order valence-corrected chi connectivity index (χ0v) is 19.0. The maximum absolute atomic E-state index is 12.3. The van der Waals surface area contributed by atoms with Gasteiger partial charge >= 0.3 is 6.03 Å². The van der Waals surface area contributed by atoms with Crippen LogP contribution in [0.15, 0.2) is 48.5 Å². The molecule has 9 heteroatoms. The van der Waals surface area contributed by atoms with Crippen molar-refractivity contribution >= 4 is 11.8 Å². The summed E-state index contributed by atoms with van der Waals surface area (Å²) in [6, 6.07) is 16.4. The molecule has 9 nitrogen and oxygen atoms in total. The summed E-state index contributed by atoms with van der Waals surface area (Å²) in [6.07, 6.45) is 1.11. The topological polar surface area (TPSA) is 127 Å². The number of carbonyl (C=O) groups is 1. The van der Waals surface area contributed by atoms with Crippen molar-refractivity contribution in [2.24, 2.45) is 0 Å². The number of ether oxygens (including phenoxy) is 2. The van der Waals surface area contributed by atoms with E-state index in [1.54, 1.807) is 25.0 Å². The van der Waals surface area contributed by atoms with Crippen LogP contribution >= 0.6 is 0 Å². The minimum absolute atomic E-state index is 0.266. The van der Waals surface area contributed by atoms with Gasteiger partial charge in [-0.15, -0.1) is 0 Å². The molecule has 0 aliphatic carbocycles. The predicted molar refractivity (Wildman–Crippen MR) is 126 cm³/mol. The molecule has 2 amide bonds. The lowest BCUT2D eigenvalue weighted by atomic mass is 10.1. The van der Waals surface area contributed by atoms with Crippen molar-refractivity contribution in [3.63, 3.8) is 0 Å². The van der Waals surface area contributed by atoms with Crippen LogP contribution in [0.5, 0.6) is 11.5 Å². The largest absolute Gasteiger partial charge is 0.497 e. The quantitative estimate of drug-likeness (QED) is 0.431. The fourth-order valence-corrected chi connectivity index (χ4v) is 3.50. The Kier molecular flexibility index (Phi) is 7.76. The number of nitrogen functional groups attached to an aromatic ring is 1. The molecule has 0 fully saturated rings. The van der Waals surface area contributed by atoms with Crippen LogP contribution in [0.3, 0.4) is 0 Å². The number of nitriles is 1. The highest BCUT2D eigenvalue weighted by Crippen LogP contribution is 2.29. The molecular formula is C24H28N6O3. The molecule has 1 aromatic heterocycles. The monoisotopic (exact) mass is 448 g/mol. The van der Waals surface area contributed by atoms with Crippen molar-refractivity contribution in [3.8, 4) is 23.3 Å². The van der Waals surface area contributed by atoms with Crippen molar-refractivity contribution in [2.45, 2.75) is 25.8 Å². The molecule has 1 atom stereocenters. The minimum Gasteiger partial charge on any atom is -0.497 e. The van der Waals surface area contributed by atoms with Crippen LogP contribution in [0.1, 0.15) is 36.2 Å². The number of aryl methyl sites for hydroxylation is 1. The number of amides is 2. The second-order valence-electron chi connectivity index (χ2n) is 7.40. The first-order valence-corrected chi connectivity index (χ1v) is 10.6. The van der Waals surface area contributed by atoms with Gasteiger partial charge in [-0.2, -0.15) is 10.4 Å². The minimum atomic E-state index is -0.296. The number of para-hydroxylation sites is 1. The number of rotatable bonds is 9. The average Bonchev–Trinajstić information content (AvgIpc) is 3.16. The Morgan fingerprint density at radius 3 is 2.64 bits per heavy atom. The van der Waals surface area contributed by atoms with Crippen LogP contribution in [0.4, 0.5) is 10.6 Å². The molecule has 0 spiro atoms. The van der Waals surface area contributed by atoms with Crippen molar-refractivity contribution in [2.75, 3.05) is 26.5 Å². The second kappa shape index (κ2) is 10.9. The Morgan fingerprint density at radius 1 is 1.21 bits per heavy atom. The van der Waals surface area contributed by atoms with Gasteiger partial charge in [-0.1, -0.05) is 18.2 Å². The van der Waals surface area contributed by atoms with Crippen molar-refractivity contribution in [1.29, 1.82) is 5.26 Å². The summed E-state index contributed by atoms with van der Waals surface area (Å²) in [5.41, 5.74) is 8.74. The normalized spacial score (nSPS) is 11.3. The third-order valence-electron chi connectivity index (χ3n) is 5.24. The standard InChI is InChI=1S/C24H28N6O3/c1-16(19-12-11-18(32-2)14-22(19)33-3)28-24(31)27-13-7-10-21-20(15-25)23(26)30(29-21)17-8-5-4-6-9-17/h4-6,8-9,11-12,14,16H,7,10,13,26H2,1-3H3,(H2,27,28,31). The molecule has 4 N–H and O–H groups in total. The summed E-state index contributed by atoms with van der Waals surface area (Å²) < 4.78 is 12.2. The molecule has 0 aliphatic heterocycles. The van der Waals surface area contributed by atoms with Crippen LogP contribution in [-0.4, -0.2) is 36.6 Å². The number of nitrogens with zero attached hydrogens (tertiary/aromatic N) is 3. The zero-order valence-electron chi connectivity index (χ0n) is 19.0. The smallest absolute Gasteiger partial charge is 0.315 e. The summed E-state index contributed by atoms with van der Waals surface area (Å²) in [5.74, 6) is 1.63. The number of nitrogens with one attached hydrogen (secondary N) is 2. The lowest BCUT2D eigenvalue weighted by Crippen LogP contribution is -2.37. The van der Waals surface area contributed by atoms with Gasteiger partial charge in [0.05, 0.1) is 31.6 Å². The summed E-state index contributed by atoms with van der Waals surface area (Å²) in [5, 5.41) is 19.8. The van der Waals surface area contributed by atoms with E-state index in [0.29, 0.717) is 48.0 Å². The van der Waals surface area contributed by atoms with Crippen molar-refractivity contribution in [1.82, 2.24) is 20.4 Å². The molecule has 0 saturated heterocycles. The molecule has 0 aliphatic rings. The average molecular weight is 449 g/mol. The lowest BCUT2D eigenvalue weighted by molar-refractivity contribution is 0.237. The summed E-state index contributed by atoms with van der Waals surface area (Å²) in [7, 11) is 3.16. The maximum atomic E-state index is 12.3. The van der Waals surface area contributed by atoms with Crippen molar-refractivity contribution in [3.05, 3.63) is 65.4 Å².